The van der Waals surface area contributed by atoms with Gasteiger partial charge in [-0.3, -0.25) is 9.35 Å². The minimum Gasteiger partial charge on any atom is -0.394 e. The van der Waals surface area contributed by atoms with Crippen molar-refractivity contribution in [1.82, 2.24) is 5.32 Å². The highest BCUT2D eigenvalue weighted by Crippen LogP contribution is 2.26. The molecule has 0 spiro atoms. The molecule has 7 atom stereocenters. The van der Waals surface area contributed by atoms with Gasteiger partial charge in [-0.1, -0.05) is 180 Å². The largest absolute Gasteiger partial charge is 0.397 e. The van der Waals surface area contributed by atoms with Crippen molar-refractivity contribution in [1.29, 1.82) is 0 Å². The van der Waals surface area contributed by atoms with Crippen molar-refractivity contribution in [3.05, 3.63) is 12.2 Å². The molecular formula is C42H81NO11S. The monoisotopic (exact) mass is 808 g/mol. The number of hydrogen-bond acceptors (Lipinski definition) is 10. The lowest BCUT2D eigenvalue weighted by Gasteiger charge is -2.41. The van der Waals surface area contributed by atoms with Crippen molar-refractivity contribution in [3.8, 4) is 0 Å². The van der Waals surface area contributed by atoms with E-state index >= 15 is 0 Å². The standard InChI is InChI=1S/C42H81NO11S/c1-3-5-7-9-10-11-12-13-14-15-16-17-18-19-20-21-22-23-24-25-26-28-30-32-38(46)43-35(36(45)31-29-27-8-6-4-2)34-52-42-40(48)41(54-55(49,50)51)39(47)37(33-44)53-42/h29,31,35-37,39-42,44-45,47-48H,3-28,30,32-34H2,1-2H3,(H,43,46)(H,49,50,51)/b31-29+/t35-,36+,37?,39?,40?,41?,42?/m0/s1. The molecule has 12 nitrogen and oxygen atoms in total. The molecule has 0 bridgehead atoms. The average Bonchev–Trinajstić information content (AvgIpc) is 3.15. The number of carbonyl (C=O) groups is 1. The van der Waals surface area contributed by atoms with Crippen LogP contribution in [0.5, 0.6) is 0 Å². The number of nitrogens with one attached hydrogen (secondary N) is 1. The van der Waals surface area contributed by atoms with Crippen molar-refractivity contribution >= 4 is 16.3 Å². The third kappa shape index (κ3) is 27.2. The van der Waals surface area contributed by atoms with Crippen LogP contribution < -0.4 is 5.32 Å². The molecule has 0 aromatic carbocycles. The van der Waals surface area contributed by atoms with E-state index in [1.165, 1.54) is 122 Å². The Kier molecular flexibility index (Phi) is 31.8. The van der Waals surface area contributed by atoms with Crippen LogP contribution in [-0.2, 0) is 28.9 Å². The highest BCUT2D eigenvalue weighted by atomic mass is 32.3. The molecule has 1 amide bonds. The number of rotatable bonds is 37. The molecule has 326 valence electrons. The van der Waals surface area contributed by atoms with Crippen LogP contribution >= 0.6 is 0 Å². The summed E-state index contributed by atoms with van der Waals surface area (Å²) in [7, 11) is -5.07. The number of hydrogen-bond donors (Lipinski definition) is 6. The quantitative estimate of drug-likeness (QED) is 0.0203. The molecule has 1 aliphatic rings. The van der Waals surface area contributed by atoms with Gasteiger partial charge in [0.15, 0.2) is 6.29 Å². The smallest absolute Gasteiger partial charge is 0.394 e. The first-order valence-electron chi connectivity index (χ1n) is 22.1. The van der Waals surface area contributed by atoms with Crippen LogP contribution in [0.1, 0.15) is 194 Å². The molecule has 1 rings (SSSR count). The topological polar surface area (TPSA) is 192 Å². The summed E-state index contributed by atoms with van der Waals surface area (Å²) in [6.07, 6.45) is 27.6. The fourth-order valence-electron chi connectivity index (χ4n) is 7.10. The maximum absolute atomic E-state index is 12.9. The molecule has 1 fully saturated rings. The zero-order valence-corrected chi connectivity index (χ0v) is 35.3. The predicted octanol–water partition coefficient (Wildman–Crippen LogP) is 7.99. The summed E-state index contributed by atoms with van der Waals surface area (Å²) in [6.45, 7) is 3.26. The molecule has 0 saturated carbocycles. The lowest BCUT2D eigenvalue weighted by atomic mass is 9.99. The van der Waals surface area contributed by atoms with Crippen LogP contribution in [0.2, 0.25) is 0 Å². The Morgan fingerprint density at radius 3 is 1.58 bits per heavy atom. The number of aliphatic hydroxyl groups excluding tert-OH is 4. The maximum atomic E-state index is 12.9. The van der Waals surface area contributed by atoms with Crippen LogP contribution in [0.25, 0.3) is 0 Å². The molecule has 0 aromatic rings. The molecule has 0 radical (unpaired) electrons. The van der Waals surface area contributed by atoms with E-state index in [0.717, 1.165) is 44.9 Å². The molecule has 13 heteroatoms. The second-order valence-electron chi connectivity index (χ2n) is 15.6. The molecular weight excluding hydrogens is 727 g/mol. The second kappa shape index (κ2) is 33.8. The molecule has 1 aliphatic heterocycles. The first-order valence-corrected chi connectivity index (χ1v) is 23.4. The van der Waals surface area contributed by atoms with Gasteiger partial charge in [-0.2, -0.15) is 8.42 Å². The van der Waals surface area contributed by atoms with Gasteiger partial charge >= 0.3 is 10.4 Å². The molecule has 0 aromatic heterocycles. The highest BCUT2D eigenvalue weighted by Gasteiger charge is 2.48. The molecule has 0 aliphatic carbocycles. The van der Waals surface area contributed by atoms with Crippen LogP contribution in [0.15, 0.2) is 12.2 Å². The Hall–Kier alpha value is -1.16. The van der Waals surface area contributed by atoms with E-state index in [1.54, 1.807) is 6.08 Å². The number of allylic oxidation sites excluding steroid dienone is 1. The Labute approximate surface area is 334 Å². The van der Waals surface area contributed by atoms with Crippen molar-refractivity contribution in [3.63, 3.8) is 0 Å². The average molecular weight is 808 g/mol. The number of aliphatic hydroxyl groups is 4. The third-order valence-electron chi connectivity index (χ3n) is 10.6. The van der Waals surface area contributed by atoms with E-state index in [4.69, 9.17) is 14.0 Å². The van der Waals surface area contributed by atoms with Crippen molar-refractivity contribution in [2.75, 3.05) is 13.2 Å². The number of ether oxygens (including phenoxy) is 2. The van der Waals surface area contributed by atoms with Crippen LogP contribution in [-0.4, -0.2) is 95.4 Å². The van der Waals surface area contributed by atoms with Crippen molar-refractivity contribution in [2.45, 2.75) is 236 Å². The first kappa shape index (κ1) is 51.9. The minimum absolute atomic E-state index is 0.267. The minimum atomic E-state index is -5.07. The Bertz CT molecular complexity index is 1050. The fraction of sp³-hybridized carbons (Fsp3) is 0.929. The van der Waals surface area contributed by atoms with Crippen molar-refractivity contribution < 1.29 is 51.8 Å². The Balaban J connectivity index is 2.28. The maximum Gasteiger partial charge on any atom is 0.397 e. The van der Waals surface area contributed by atoms with E-state index in [9.17, 15) is 33.6 Å². The Morgan fingerprint density at radius 1 is 0.709 bits per heavy atom. The van der Waals surface area contributed by atoms with Gasteiger partial charge in [0.2, 0.25) is 5.91 Å². The Morgan fingerprint density at radius 2 is 1.15 bits per heavy atom. The van der Waals surface area contributed by atoms with E-state index < -0.39 is 59.9 Å². The van der Waals surface area contributed by atoms with E-state index in [-0.39, 0.29) is 18.9 Å². The normalized spacial score (nSPS) is 21.6. The van der Waals surface area contributed by atoms with E-state index in [0.29, 0.717) is 6.42 Å². The molecule has 5 unspecified atom stereocenters. The summed E-state index contributed by atoms with van der Waals surface area (Å²) in [4.78, 5) is 12.9. The summed E-state index contributed by atoms with van der Waals surface area (Å²) in [5.74, 6) is -0.267. The van der Waals surface area contributed by atoms with Crippen LogP contribution in [0.3, 0.4) is 0 Å². The summed E-state index contributed by atoms with van der Waals surface area (Å²) in [5, 5.41) is 44.2. The van der Waals surface area contributed by atoms with E-state index in [2.05, 4.69) is 23.3 Å². The fourth-order valence-corrected chi connectivity index (χ4v) is 7.61. The van der Waals surface area contributed by atoms with Crippen LogP contribution in [0, 0.1) is 0 Å². The van der Waals surface area contributed by atoms with Gasteiger partial charge in [0.25, 0.3) is 0 Å². The van der Waals surface area contributed by atoms with Gasteiger partial charge in [0, 0.05) is 6.42 Å². The third-order valence-corrected chi connectivity index (χ3v) is 11.0. The summed E-state index contributed by atoms with van der Waals surface area (Å²) < 4.78 is 47.2. The van der Waals surface area contributed by atoms with Gasteiger partial charge in [-0.15, -0.1) is 0 Å². The number of unbranched alkanes of at least 4 members (excludes halogenated alkanes) is 25. The first-order chi connectivity index (χ1) is 26.5. The summed E-state index contributed by atoms with van der Waals surface area (Å²) in [6, 6.07) is -0.935. The summed E-state index contributed by atoms with van der Waals surface area (Å²) in [5.41, 5.74) is 0. The zero-order valence-electron chi connectivity index (χ0n) is 34.5. The SMILES string of the molecule is CCCCC/C=C/[C@@H](O)[C@H](COC1OC(CO)C(O)C(OS(=O)(=O)O)C1O)NC(=O)CCCCCCCCCCCCCCCCCCCCCCCCC. The zero-order chi connectivity index (χ0) is 40.6. The van der Waals surface area contributed by atoms with Crippen molar-refractivity contribution in [2.24, 2.45) is 0 Å². The van der Waals surface area contributed by atoms with Gasteiger partial charge < -0.3 is 35.2 Å². The van der Waals surface area contributed by atoms with E-state index in [1.807, 2.05) is 6.08 Å². The van der Waals surface area contributed by atoms with Gasteiger partial charge in [-0.25, -0.2) is 4.18 Å². The summed E-state index contributed by atoms with van der Waals surface area (Å²) >= 11 is 0. The van der Waals surface area contributed by atoms with Gasteiger partial charge in [-0.05, 0) is 19.3 Å². The molecule has 1 saturated heterocycles. The van der Waals surface area contributed by atoms with Gasteiger partial charge in [0.05, 0.1) is 25.4 Å². The molecule has 55 heavy (non-hydrogen) atoms. The highest BCUT2D eigenvalue weighted by molar-refractivity contribution is 7.80. The van der Waals surface area contributed by atoms with Gasteiger partial charge in [0.1, 0.15) is 24.4 Å². The lowest BCUT2D eigenvalue weighted by Crippen LogP contribution is -2.61. The molecule has 6 N–H and O–H groups in total. The van der Waals surface area contributed by atoms with Crippen LogP contribution in [0.4, 0.5) is 0 Å². The number of carbonyl (C=O) groups excluding carboxylic acids is 1. The predicted molar refractivity (Wildman–Crippen MR) is 218 cm³/mol. The molecule has 1 heterocycles. The lowest BCUT2D eigenvalue weighted by molar-refractivity contribution is -0.298. The second-order valence-corrected chi connectivity index (χ2v) is 16.7. The number of amides is 1.